The molecule has 0 aliphatic heterocycles. The second-order valence-electron chi connectivity index (χ2n) is 5.53. The summed E-state index contributed by atoms with van der Waals surface area (Å²) in [5.41, 5.74) is 13.5. The number of anilines is 2. The van der Waals surface area contributed by atoms with E-state index in [1.54, 1.807) is 0 Å². The molecule has 29 heavy (non-hydrogen) atoms. The summed E-state index contributed by atoms with van der Waals surface area (Å²) in [7, 11) is 0. The number of nitriles is 1. The van der Waals surface area contributed by atoms with Gasteiger partial charge in [-0.05, 0) is 31.5 Å². The van der Waals surface area contributed by atoms with Gasteiger partial charge in [0.25, 0.3) is 0 Å². The molecule has 6 N–H and O–H groups in total. The zero-order chi connectivity index (χ0) is 21.9. The van der Waals surface area contributed by atoms with Crippen molar-refractivity contribution in [2.24, 2.45) is 5.73 Å². The summed E-state index contributed by atoms with van der Waals surface area (Å²) in [5.74, 6) is -0.388. The lowest BCUT2D eigenvalue weighted by molar-refractivity contribution is -0.138. The number of hydrogen-bond acceptors (Lipinski definition) is 6. The van der Waals surface area contributed by atoms with Crippen LogP contribution in [0.25, 0.3) is 0 Å². The van der Waals surface area contributed by atoms with Crippen molar-refractivity contribution in [2.75, 3.05) is 11.5 Å². The van der Waals surface area contributed by atoms with Crippen LogP contribution in [0.4, 0.5) is 38.0 Å². The average molecular weight is 422 g/mol. The van der Waals surface area contributed by atoms with E-state index in [1.807, 2.05) is 0 Å². The van der Waals surface area contributed by atoms with Crippen molar-refractivity contribution in [3.63, 3.8) is 0 Å². The lowest BCUT2D eigenvalue weighted by Crippen LogP contribution is -2.15. The highest BCUT2D eigenvalue weighted by molar-refractivity contribution is 5.48. The van der Waals surface area contributed by atoms with Gasteiger partial charge in [-0.2, -0.15) is 31.6 Å². The average Bonchev–Trinajstić information content (AvgIpc) is 2.52. The molecular formula is C17H20F6N6. The molecule has 0 saturated heterocycles. The molecule has 0 aliphatic carbocycles. The van der Waals surface area contributed by atoms with Crippen LogP contribution >= 0.6 is 0 Å². The van der Waals surface area contributed by atoms with Crippen molar-refractivity contribution < 1.29 is 26.3 Å². The first-order valence-electron chi connectivity index (χ1n) is 7.50. The summed E-state index contributed by atoms with van der Waals surface area (Å²) in [6.45, 7) is 2.56. The van der Waals surface area contributed by atoms with Crippen LogP contribution in [0.15, 0.2) is 12.1 Å². The zero-order valence-corrected chi connectivity index (χ0v) is 14.7. The largest absolute Gasteiger partial charge is 0.417 e. The molecule has 160 valence electrons. The lowest BCUT2D eigenvalue weighted by atomic mass is 10.1. The van der Waals surface area contributed by atoms with E-state index in [0.29, 0.717) is 6.07 Å². The molecule has 0 radical (unpaired) electrons. The first kappa shape index (κ1) is 25.9. The maximum absolute atomic E-state index is 12.5. The van der Waals surface area contributed by atoms with Gasteiger partial charge in [0, 0.05) is 12.2 Å². The maximum Gasteiger partial charge on any atom is 0.417 e. The summed E-state index contributed by atoms with van der Waals surface area (Å²) in [5, 5.41) is 8.52. The fourth-order valence-electron chi connectivity index (χ4n) is 2.30. The topological polar surface area (TPSA) is 128 Å². The van der Waals surface area contributed by atoms with Crippen LogP contribution < -0.4 is 17.2 Å². The normalized spacial score (nSPS) is 11.0. The van der Waals surface area contributed by atoms with Crippen LogP contribution in [-0.2, 0) is 18.9 Å². The molecule has 0 unspecified atom stereocenters. The Labute approximate surface area is 163 Å². The third kappa shape index (κ3) is 6.49. The molecule has 0 amide bonds. The summed E-state index contributed by atoms with van der Waals surface area (Å²) >= 11 is 0. The Balaban J connectivity index is 0.000000523. The van der Waals surface area contributed by atoms with E-state index < -0.39 is 29.0 Å². The van der Waals surface area contributed by atoms with E-state index >= 15 is 0 Å². The number of nitrogen functional groups attached to an aromatic ring is 2. The van der Waals surface area contributed by atoms with Crippen molar-refractivity contribution in [1.29, 1.82) is 5.26 Å². The number of alkyl halides is 6. The molecule has 0 spiro atoms. The van der Waals surface area contributed by atoms with Crippen LogP contribution in [0.2, 0.25) is 0 Å². The molecule has 2 heterocycles. The molecular weight excluding hydrogens is 402 g/mol. The third-order valence-electron chi connectivity index (χ3n) is 3.50. The quantitative estimate of drug-likeness (QED) is 0.597. The third-order valence-corrected chi connectivity index (χ3v) is 3.50. The Kier molecular flexibility index (Phi) is 8.42. The minimum absolute atomic E-state index is 0. The second kappa shape index (κ2) is 9.42. The number of rotatable bonds is 1. The fraction of sp³-hybridized carbons (Fsp3) is 0.353. The van der Waals surface area contributed by atoms with Crippen LogP contribution in [0, 0.1) is 25.2 Å². The van der Waals surface area contributed by atoms with Gasteiger partial charge in [-0.3, -0.25) is 0 Å². The molecule has 0 aromatic carbocycles. The zero-order valence-electron chi connectivity index (χ0n) is 14.7. The van der Waals surface area contributed by atoms with Crippen LogP contribution in [0.3, 0.4) is 0 Å². The number of hydrogen-bond donors (Lipinski definition) is 3. The van der Waals surface area contributed by atoms with Gasteiger partial charge in [0.2, 0.25) is 0 Å². The number of halogens is 6. The highest BCUT2D eigenvalue weighted by Crippen LogP contribution is 2.34. The highest BCUT2D eigenvalue weighted by atomic mass is 19.4. The molecule has 6 nitrogen and oxygen atoms in total. The summed E-state index contributed by atoms with van der Waals surface area (Å²) in [4.78, 5) is 7.29. The molecule has 12 heteroatoms. The molecule has 0 atom stereocenters. The Hall–Kier alpha value is -3.07. The number of aryl methyl sites for hydroxylation is 2. The van der Waals surface area contributed by atoms with Gasteiger partial charge >= 0.3 is 12.4 Å². The van der Waals surface area contributed by atoms with E-state index in [4.69, 9.17) is 22.5 Å². The smallest absolute Gasteiger partial charge is 0.384 e. The van der Waals surface area contributed by atoms with Crippen molar-refractivity contribution >= 4 is 11.6 Å². The first-order chi connectivity index (χ1) is 12.7. The Morgan fingerprint density at radius 3 is 1.69 bits per heavy atom. The first-order valence-corrected chi connectivity index (χ1v) is 7.50. The monoisotopic (exact) mass is 422 g/mol. The summed E-state index contributed by atoms with van der Waals surface area (Å²) in [6, 6.07) is 2.92. The summed E-state index contributed by atoms with van der Waals surface area (Å²) < 4.78 is 74.5. The van der Waals surface area contributed by atoms with Gasteiger partial charge in [-0.25, -0.2) is 9.97 Å². The van der Waals surface area contributed by atoms with Gasteiger partial charge in [-0.15, -0.1) is 0 Å². The van der Waals surface area contributed by atoms with Gasteiger partial charge in [0.15, 0.2) is 0 Å². The van der Waals surface area contributed by atoms with Gasteiger partial charge in [-0.1, -0.05) is 7.43 Å². The van der Waals surface area contributed by atoms with Gasteiger partial charge in [0.1, 0.15) is 17.7 Å². The lowest BCUT2D eigenvalue weighted by Gasteiger charge is -2.13. The second-order valence-corrected chi connectivity index (χ2v) is 5.53. The molecule has 2 aromatic rings. The van der Waals surface area contributed by atoms with E-state index in [0.717, 1.165) is 6.07 Å². The molecule has 0 fully saturated rings. The Bertz CT molecular complexity index is 899. The minimum Gasteiger partial charge on any atom is -0.384 e. The van der Waals surface area contributed by atoms with Gasteiger partial charge in [0.05, 0.1) is 22.4 Å². The minimum atomic E-state index is -4.58. The highest BCUT2D eigenvalue weighted by Gasteiger charge is 2.35. The summed E-state index contributed by atoms with van der Waals surface area (Å²) in [6.07, 6.45) is -9.01. The fourth-order valence-corrected chi connectivity index (χ4v) is 2.30. The van der Waals surface area contributed by atoms with Crippen molar-refractivity contribution in [3.05, 3.63) is 45.8 Å². The Morgan fingerprint density at radius 2 is 1.31 bits per heavy atom. The van der Waals surface area contributed by atoms with E-state index in [9.17, 15) is 26.3 Å². The standard InChI is InChI=1S/C8H10F3N3.C8H6F3N3.CH4/c2*1-4-5(3-12)6(8(9,10)11)2-7(13)14-4;/h2H,3,12H2,1H3,(H2,13,14);2H,1H3,(H2,13,14);1H4. The number of nitrogens with two attached hydrogens (primary N) is 3. The van der Waals surface area contributed by atoms with Crippen LogP contribution in [0.1, 0.15) is 41.1 Å². The van der Waals surface area contributed by atoms with Crippen molar-refractivity contribution in [2.45, 2.75) is 40.2 Å². The maximum atomic E-state index is 12.5. The molecule has 0 saturated carbocycles. The molecule has 0 aliphatic rings. The predicted molar refractivity (Wildman–Crippen MR) is 96.1 cm³/mol. The van der Waals surface area contributed by atoms with E-state index in [-0.39, 0.29) is 42.6 Å². The SMILES string of the molecule is C.Cc1nc(N)cc(C(F)(F)F)c1C#N.Cc1nc(N)cc(C(F)(F)F)c1CN. The molecule has 2 rings (SSSR count). The Morgan fingerprint density at radius 1 is 0.897 bits per heavy atom. The molecule has 0 bridgehead atoms. The van der Waals surface area contributed by atoms with Gasteiger partial charge < -0.3 is 17.2 Å². The number of aromatic nitrogens is 2. The number of pyridine rings is 2. The van der Waals surface area contributed by atoms with Crippen molar-refractivity contribution in [3.8, 4) is 6.07 Å². The van der Waals surface area contributed by atoms with Crippen LogP contribution in [-0.4, -0.2) is 9.97 Å². The number of nitrogens with zero attached hydrogens (tertiary/aromatic N) is 3. The van der Waals surface area contributed by atoms with E-state index in [1.165, 1.54) is 19.9 Å². The van der Waals surface area contributed by atoms with E-state index in [2.05, 4.69) is 9.97 Å². The van der Waals surface area contributed by atoms with Crippen LogP contribution in [0.5, 0.6) is 0 Å². The van der Waals surface area contributed by atoms with Crippen molar-refractivity contribution in [1.82, 2.24) is 9.97 Å². The molecule has 2 aromatic heterocycles. The predicted octanol–water partition coefficient (Wildman–Crippen LogP) is 3.95.